The zero-order chi connectivity index (χ0) is 11.1. The molecule has 5 nitrogen and oxygen atoms in total. The average Bonchev–Trinajstić information content (AvgIpc) is 2.73. The first-order chi connectivity index (χ1) is 7.75. The number of carbonyl (C=O) groups is 1. The molecular weight excluding hydrogens is 204 g/mol. The number of amides is 1. The minimum Gasteiger partial charge on any atom is -0.368 e. The number of hydrogen-bond donors (Lipinski definition) is 1. The maximum Gasteiger partial charge on any atom is 0.244 e. The van der Waals surface area contributed by atoms with Crippen molar-refractivity contribution in [3.63, 3.8) is 0 Å². The van der Waals surface area contributed by atoms with E-state index >= 15 is 0 Å². The van der Waals surface area contributed by atoms with Gasteiger partial charge in [-0.15, -0.1) is 0 Å². The Morgan fingerprint density at radius 1 is 1.44 bits per heavy atom. The lowest BCUT2D eigenvalue weighted by Gasteiger charge is -2.23. The Balaban J connectivity index is 2.04. The van der Waals surface area contributed by atoms with Crippen molar-refractivity contribution >= 4 is 23.8 Å². The number of rotatable bonds is 1. The van der Waals surface area contributed by atoms with E-state index in [0.29, 0.717) is 12.5 Å². The fourth-order valence-corrected chi connectivity index (χ4v) is 1.94. The normalized spacial score (nSPS) is 21.4. The Labute approximate surface area is 92.3 Å². The minimum absolute atomic E-state index is 0.408. The standard InChI is InChI=1S/C11H10N4O/c12-10(16)8-6-15-9-4-2-1-3-7(9)5-13-11(15)14-8/h1-5,8H,6H2,(H2,12,16). The van der Waals surface area contributed by atoms with Crippen LogP contribution in [-0.2, 0) is 4.79 Å². The number of carbonyl (C=O) groups excluding carboxylic acids is 1. The van der Waals surface area contributed by atoms with Crippen molar-refractivity contribution in [1.82, 2.24) is 0 Å². The van der Waals surface area contributed by atoms with Crippen molar-refractivity contribution in [2.45, 2.75) is 6.04 Å². The first-order valence-electron chi connectivity index (χ1n) is 5.03. The molecule has 3 rings (SSSR count). The Bertz CT molecular complexity index is 520. The van der Waals surface area contributed by atoms with Crippen LogP contribution in [0, 0.1) is 0 Å². The SMILES string of the molecule is NC(=O)C1CN2C(=N1)N=Cc1ccccc12. The van der Waals surface area contributed by atoms with Gasteiger partial charge in [0.1, 0.15) is 6.04 Å². The molecule has 0 aromatic heterocycles. The molecule has 0 saturated carbocycles. The molecule has 2 heterocycles. The van der Waals surface area contributed by atoms with Crippen molar-refractivity contribution in [2.24, 2.45) is 15.7 Å². The molecule has 0 bridgehead atoms. The topological polar surface area (TPSA) is 71.1 Å². The second-order valence-corrected chi connectivity index (χ2v) is 3.77. The molecule has 2 aliphatic heterocycles. The van der Waals surface area contributed by atoms with Gasteiger partial charge in [0.25, 0.3) is 0 Å². The van der Waals surface area contributed by atoms with Crippen LogP contribution in [0.15, 0.2) is 34.3 Å². The summed E-state index contributed by atoms with van der Waals surface area (Å²) in [5, 5.41) is 0. The summed E-state index contributed by atoms with van der Waals surface area (Å²) < 4.78 is 0. The number of nitrogens with two attached hydrogens (primary N) is 1. The summed E-state index contributed by atoms with van der Waals surface area (Å²) >= 11 is 0. The molecule has 2 N–H and O–H groups in total. The maximum atomic E-state index is 11.1. The van der Waals surface area contributed by atoms with Gasteiger partial charge in [0.15, 0.2) is 0 Å². The molecule has 1 amide bonds. The van der Waals surface area contributed by atoms with Gasteiger partial charge in [0.2, 0.25) is 11.9 Å². The van der Waals surface area contributed by atoms with Crippen molar-refractivity contribution in [1.29, 1.82) is 0 Å². The van der Waals surface area contributed by atoms with Crippen LogP contribution in [-0.4, -0.2) is 30.7 Å². The summed E-state index contributed by atoms with van der Waals surface area (Å²) in [6.07, 6.45) is 1.76. The Morgan fingerprint density at radius 2 is 2.25 bits per heavy atom. The van der Waals surface area contributed by atoms with E-state index in [0.717, 1.165) is 11.3 Å². The zero-order valence-electron chi connectivity index (χ0n) is 8.50. The summed E-state index contributed by atoms with van der Waals surface area (Å²) in [6.45, 7) is 0.485. The van der Waals surface area contributed by atoms with E-state index in [2.05, 4.69) is 9.98 Å². The molecule has 0 saturated heterocycles. The molecule has 1 aromatic carbocycles. The van der Waals surface area contributed by atoms with Crippen molar-refractivity contribution in [3.05, 3.63) is 29.8 Å². The number of fused-ring (bicyclic) bond motifs is 3. The summed E-state index contributed by atoms with van der Waals surface area (Å²) in [5.74, 6) is 0.164. The monoisotopic (exact) mass is 214 g/mol. The maximum absolute atomic E-state index is 11.1. The van der Waals surface area contributed by atoms with Crippen molar-refractivity contribution in [2.75, 3.05) is 11.4 Å². The summed E-state index contributed by atoms with van der Waals surface area (Å²) in [6, 6.07) is 7.38. The molecule has 16 heavy (non-hydrogen) atoms. The third kappa shape index (κ3) is 1.21. The predicted molar refractivity (Wildman–Crippen MR) is 61.8 cm³/mol. The molecule has 1 unspecified atom stereocenters. The van der Waals surface area contributed by atoms with Crippen LogP contribution < -0.4 is 10.6 Å². The fourth-order valence-electron chi connectivity index (χ4n) is 1.94. The number of primary amides is 1. The molecule has 1 atom stereocenters. The van der Waals surface area contributed by atoms with Crippen LogP contribution >= 0.6 is 0 Å². The number of benzene rings is 1. The zero-order valence-corrected chi connectivity index (χ0v) is 8.50. The highest BCUT2D eigenvalue weighted by molar-refractivity contribution is 6.12. The molecule has 80 valence electrons. The van der Waals surface area contributed by atoms with Gasteiger partial charge < -0.3 is 10.6 Å². The van der Waals surface area contributed by atoms with E-state index in [1.165, 1.54) is 0 Å². The van der Waals surface area contributed by atoms with E-state index in [9.17, 15) is 4.79 Å². The van der Waals surface area contributed by atoms with E-state index in [-0.39, 0.29) is 0 Å². The molecule has 1 aromatic rings. The van der Waals surface area contributed by atoms with Gasteiger partial charge in [-0.2, -0.15) is 0 Å². The van der Waals surface area contributed by atoms with Crippen LogP contribution in [0.1, 0.15) is 5.56 Å². The van der Waals surface area contributed by atoms with Gasteiger partial charge in [0, 0.05) is 11.8 Å². The summed E-state index contributed by atoms with van der Waals surface area (Å²) in [7, 11) is 0. The first kappa shape index (κ1) is 9.08. The molecular formula is C11H10N4O. The van der Waals surface area contributed by atoms with E-state index < -0.39 is 11.9 Å². The van der Waals surface area contributed by atoms with E-state index in [1.807, 2.05) is 29.2 Å². The Hall–Kier alpha value is -2.17. The lowest BCUT2D eigenvalue weighted by molar-refractivity contribution is -0.118. The second kappa shape index (κ2) is 3.16. The lowest BCUT2D eigenvalue weighted by Crippen LogP contribution is -2.35. The van der Waals surface area contributed by atoms with Crippen LogP contribution in [0.4, 0.5) is 5.69 Å². The number of hydrogen-bond acceptors (Lipinski definition) is 4. The third-order valence-electron chi connectivity index (χ3n) is 2.74. The number of guanidine groups is 1. The first-order valence-corrected chi connectivity index (χ1v) is 5.03. The summed E-state index contributed by atoms with van der Waals surface area (Å²) in [5.41, 5.74) is 7.31. The second-order valence-electron chi connectivity index (χ2n) is 3.77. The largest absolute Gasteiger partial charge is 0.368 e. The molecule has 0 radical (unpaired) electrons. The number of nitrogens with zero attached hydrogens (tertiary/aromatic N) is 3. The smallest absolute Gasteiger partial charge is 0.244 e. The highest BCUT2D eigenvalue weighted by Crippen LogP contribution is 2.26. The van der Waals surface area contributed by atoms with Gasteiger partial charge in [-0.25, -0.2) is 9.98 Å². The molecule has 2 aliphatic rings. The van der Waals surface area contributed by atoms with Crippen molar-refractivity contribution < 1.29 is 4.79 Å². The van der Waals surface area contributed by atoms with Crippen LogP contribution in [0.5, 0.6) is 0 Å². The fraction of sp³-hybridized carbons (Fsp3) is 0.182. The highest BCUT2D eigenvalue weighted by atomic mass is 16.1. The Morgan fingerprint density at radius 3 is 3.06 bits per heavy atom. The van der Waals surface area contributed by atoms with Crippen LogP contribution in [0.2, 0.25) is 0 Å². The van der Waals surface area contributed by atoms with Crippen LogP contribution in [0.25, 0.3) is 0 Å². The number of anilines is 1. The van der Waals surface area contributed by atoms with Gasteiger partial charge in [-0.05, 0) is 6.07 Å². The third-order valence-corrected chi connectivity index (χ3v) is 2.74. The molecule has 0 fully saturated rings. The molecule has 0 spiro atoms. The molecule has 5 heteroatoms. The van der Waals surface area contributed by atoms with Gasteiger partial charge in [-0.1, -0.05) is 18.2 Å². The number of para-hydroxylation sites is 1. The van der Waals surface area contributed by atoms with Gasteiger partial charge in [0.05, 0.1) is 12.2 Å². The van der Waals surface area contributed by atoms with Crippen molar-refractivity contribution in [3.8, 4) is 0 Å². The highest BCUT2D eigenvalue weighted by Gasteiger charge is 2.31. The van der Waals surface area contributed by atoms with Gasteiger partial charge in [-0.3, -0.25) is 4.79 Å². The predicted octanol–water partition coefficient (Wildman–Crippen LogP) is 0.149. The van der Waals surface area contributed by atoms with E-state index in [4.69, 9.17) is 5.73 Å². The molecule has 0 aliphatic carbocycles. The van der Waals surface area contributed by atoms with Crippen LogP contribution in [0.3, 0.4) is 0 Å². The average molecular weight is 214 g/mol. The number of aliphatic imine (C=N–C) groups is 2. The Kier molecular flexibility index (Phi) is 1.80. The van der Waals surface area contributed by atoms with E-state index in [1.54, 1.807) is 6.21 Å². The summed E-state index contributed by atoms with van der Waals surface area (Å²) in [4.78, 5) is 21.4. The van der Waals surface area contributed by atoms with Gasteiger partial charge >= 0.3 is 0 Å². The lowest BCUT2D eigenvalue weighted by atomic mass is 10.1. The minimum atomic E-state index is -0.488. The quantitative estimate of drug-likeness (QED) is 0.722.